The zero-order chi connectivity index (χ0) is 17.0. The molecule has 3 heterocycles. The van der Waals surface area contributed by atoms with Gasteiger partial charge in [0.05, 0.1) is 18.8 Å². The van der Waals surface area contributed by atoms with Crippen LogP contribution in [-0.4, -0.2) is 25.7 Å². The number of ether oxygens (including phenoxy) is 1. The van der Waals surface area contributed by atoms with Gasteiger partial charge in [-0.15, -0.1) is 0 Å². The van der Waals surface area contributed by atoms with E-state index in [0.717, 1.165) is 6.07 Å². The predicted molar refractivity (Wildman–Crippen MR) is 82.1 cm³/mol. The minimum Gasteiger partial charge on any atom is -0.490 e. The summed E-state index contributed by atoms with van der Waals surface area (Å²) in [6.45, 7) is 1.95. The van der Waals surface area contributed by atoms with E-state index < -0.39 is 17.7 Å². The molecule has 1 aliphatic heterocycles. The van der Waals surface area contributed by atoms with E-state index in [4.69, 9.17) is 4.74 Å². The fraction of sp³-hybridized carbons (Fsp3) is 0.312. The molecule has 0 bridgehead atoms. The number of hydrogen-bond donors (Lipinski definition) is 0. The molecular weight excluding hydrogens is 318 g/mol. The van der Waals surface area contributed by atoms with E-state index in [1.807, 2.05) is 0 Å². The number of benzene rings is 1. The number of rotatable bonds is 1. The molecule has 0 spiro atoms. The summed E-state index contributed by atoms with van der Waals surface area (Å²) in [6, 6.07) is 1.44. The molecule has 2 aromatic heterocycles. The quantitative estimate of drug-likeness (QED) is 0.685. The third-order valence-corrected chi connectivity index (χ3v) is 4.30. The van der Waals surface area contributed by atoms with E-state index in [-0.39, 0.29) is 18.0 Å². The highest BCUT2D eigenvalue weighted by molar-refractivity contribution is 5.71. The number of hydrogen-bond acceptors (Lipinski definition) is 4. The Morgan fingerprint density at radius 2 is 2.12 bits per heavy atom. The Kier molecular flexibility index (Phi) is 3.16. The lowest BCUT2D eigenvalue weighted by Crippen LogP contribution is -2.30. The van der Waals surface area contributed by atoms with Gasteiger partial charge in [0.25, 0.3) is 0 Å². The molecule has 24 heavy (non-hydrogen) atoms. The summed E-state index contributed by atoms with van der Waals surface area (Å²) >= 11 is 0. The van der Waals surface area contributed by atoms with Gasteiger partial charge in [-0.1, -0.05) is 0 Å². The lowest BCUT2D eigenvalue weighted by molar-refractivity contribution is 0.242. The highest BCUT2D eigenvalue weighted by Crippen LogP contribution is 2.37. The average Bonchev–Trinajstić information content (AvgIpc) is 2.78. The van der Waals surface area contributed by atoms with E-state index >= 15 is 0 Å². The monoisotopic (exact) mass is 332 g/mol. The molecule has 0 radical (unpaired) electrons. The van der Waals surface area contributed by atoms with E-state index in [0.29, 0.717) is 29.0 Å². The Bertz CT molecular complexity index is 1030. The lowest BCUT2D eigenvalue weighted by Gasteiger charge is -2.27. The second kappa shape index (κ2) is 5.12. The largest absolute Gasteiger partial charge is 0.490 e. The molecule has 8 heteroatoms. The summed E-state index contributed by atoms with van der Waals surface area (Å²) in [4.78, 5) is 21.2. The molecule has 1 aliphatic rings. The Morgan fingerprint density at radius 3 is 2.92 bits per heavy atom. The summed E-state index contributed by atoms with van der Waals surface area (Å²) in [5.74, 6) is -0.975. The number of nitrogens with zero attached hydrogens (tertiary/aromatic N) is 4. The summed E-state index contributed by atoms with van der Waals surface area (Å²) in [5, 5.41) is 0. The van der Waals surface area contributed by atoms with E-state index in [1.165, 1.54) is 15.2 Å². The molecule has 6 nitrogen and oxygen atoms in total. The fourth-order valence-electron chi connectivity index (χ4n) is 3.18. The van der Waals surface area contributed by atoms with Gasteiger partial charge in [0, 0.05) is 25.1 Å². The van der Waals surface area contributed by atoms with Crippen molar-refractivity contribution in [3.63, 3.8) is 0 Å². The number of aryl methyl sites for hydroxylation is 2. The second-order valence-corrected chi connectivity index (χ2v) is 5.80. The summed E-state index contributed by atoms with van der Waals surface area (Å²) < 4.78 is 36.0. The first-order chi connectivity index (χ1) is 11.5. The molecule has 1 unspecified atom stereocenters. The molecule has 1 atom stereocenters. The third kappa shape index (κ3) is 2.02. The first kappa shape index (κ1) is 14.8. The normalized spacial score (nSPS) is 16.9. The third-order valence-electron chi connectivity index (χ3n) is 4.30. The molecule has 0 aliphatic carbocycles. The Labute approximate surface area is 135 Å². The van der Waals surface area contributed by atoms with Crippen LogP contribution in [0.15, 0.2) is 23.1 Å². The van der Waals surface area contributed by atoms with Gasteiger partial charge in [-0.25, -0.2) is 23.5 Å². The second-order valence-electron chi connectivity index (χ2n) is 5.80. The summed E-state index contributed by atoms with van der Waals surface area (Å²) in [6.07, 6.45) is 1.99. The predicted octanol–water partition coefficient (Wildman–Crippen LogP) is 2.09. The molecule has 0 saturated carbocycles. The molecular formula is C16H14F2N4O2. The first-order valence-electron chi connectivity index (χ1n) is 7.49. The van der Waals surface area contributed by atoms with Crippen molar-refractivity contribution in [3.05, 3.63) is 51.8 Å². The van der Waals surface area contributed by atoms with Gasteiger partial charge in [-0.3, -0.25) is 9.13 Å². The van der Waals surface area contributed by atoms with Crippen LogP contribution < -0.4 is 10.4 Å². The van der Waals surface area contributed by atoms with E-state index in [1.54, 1.807) is 20.2 Å². The fourth-order valence-corrected chi connectivity index (χ4v) is 3.18. The molecule has 0 fully saturated rings. The van der Waals surface area contributed by atoms with Gasteiger partial charge < -0.3 is 4.74 Å². The number of halogens is 2. The zero-order valence-electron chi connectivity index (χ0n) is 13.1. The summed E-state index contributed by atoms with van der Waals surface area (Å²) in [7, 11) is 1.62. The average molecular weight is 332 g/mol. The van der Waals surface area contributed by atoms with Crippen LogP contribution in [0.25, 0.3) is 11.2 Å². The van der Waals surface area contributed by atoms with Gasteiger partial charge in [0.2, 0.25) is 0 Å². The van der Waals surface area contributed by atoms with Gasteiger partial charge >= 0.3 is 5.69 Å². The van der Waals surface area contributed by atoms with Crippen molar-refractivity contribution in [3.8, 4) is 5.75 Å². The van der Waals surface area contributed by atoms with Crippen LogP contribution in [0.3, 0.4) is 0 Å². The Hall–Kier alpha value is -2.77. The van der Waals surface area contributed by atoms with Gasteiger partial charge in [0.15, 0.2) is 17.2 Å². The van der Waals surface area contributed by atoms with Crippen LogP contribution in [0.5, 0.6) is 5.75 Å². The van der Waals surface area contributed by atoms with Gasteiger partial charge in [0.1, 0.15) is 17.2 Å². The van der Waals surface area contributed by atoms with Crippen molar-refractivity contribution in [2.24, 2.45) is 7.05 Å². The van der Waals surface area contributed by atoms with Crippen molar-refractivity contribution >= 4 is 11.2 Å². The number of fused-ring (bicyclic) bond motifs is 2. The maximum absolute atomic E-state index is 14.0. The van der Waals surface area contributed by atoms with Gasteiger partial charge in [-0.05, 0) is 13.0 Å². The van der Waals surface area contributed by atoms with Crippen molar-refractivity contribution in [1.82, 2.24) is 19.1 Å². The highest BCUT2D eigenvalue weighted by Gasteiger charge is 2.30. The molecule has 124 valence electrons. The topological polar surface area (TPSA) is 61.9 Å². The molecule has 1 aromatic carbocycles. The van der Waals surface area contributed by atoms with Crippen LogP contribution in [0, 0.1) is 18.6 Å². The molecule has 0 N–H and O–H groups in total. The standard InChI is InChI=1S/C16H14F2N4O2/c1-8-19-7-13-15(20-8)22(16(23)21(13)2)12-3-4-24-14-10(12)5-9(17)6-11(14)18/h5-7,12H,3-4H2,1-2H3. The summed E-state index contributed by atoms with van der Waals surface area (Å²) in [5.41, 5.74) is 1.00. The maximum atomic E-state index is 14.0. The van der Waals surface area contributed by atoms with Crippen LogP contribution in [0.4, 0.5) is 8.78 Å². The SMILES string of the molecule is Cc1ncc2c(n1)n(C1CCOc3c(F)cc(F)cc31)c(=O)n2C. The Morgan fingerprint density at radius 1 is 1.33 bits per heavy atom. The molecule has 4 rings (SSSR count). The minimum atomic E-state index is -0.770. The Balaban J connectivity index is 2.03. The van der Waals surface area contributed by atoms with E-state index in [2.05, 4.69) is 9.97 Å². The minimum absolute atomic E-state index is 0.0117. The highest BCUT2D eigenvalue weighted by atomic mass is 19.1. The number of aromatic nitrogens is 4. The van der Waals surface area contributed by atoms with Crippen LogP contribution in [-0.2, 0) is 7.05 Å². The van der Waals surface area contributed by atoms with Crippen molar-refractivity contribution in [2.75, 3.05) is 6.61 Å². The smallest absolute Gasteiger partial charge is 0.330 e. The molecule has 3 aromatic rings. The maximum Gasteiger partial charge on any atom is 0.330 e. The van der Waals surface area contributed by atoms with Crippen molar-refractivity contribution in [1.29, 1.82) is 0 Å². The zero-order valence-corrected chi connectivity index (χ0v) is 13.1. The van der Waals surface area contributed by atoms with Crippen molar-refractivity contribution in [2.45, 2.75) is 19.4 Å². The van der Waals surface area contributed by atoms with Crippen LogP contribution in [0.1, 0.15) is 23.9 Å². The van der Waals surface area contributed by atoms with E-state index in [9.17, 15) is 13.6 Å². The number of imidazole rings is 1. The molecule has 0 saturated heterocycles. The molecule has 0 amide bonds. The van der Waals surface area contributed by atoms with Gasteiger partial charge in [-0.2, -0.15) is 0 Å². The van der Waals surface area contributed by atoms with Crippen LogP contribution >= 0.6 is 0 Å². The van der Waals surface area contributed by atoms with Crippen molar-refractivity contribution < 1.29 is 13.5 Å². The van der Waals surface area contributed by atoms with Crippen LogP contribution in [0.2, 0.25) is 0 Å². The lowest BCUT2D eigenvalue weighted by atomic mass is 10.00. The first-order valence-corrected chi connectivity index (χ1v) is 7.49.